The van der Waals surface area contributed by atoms with Gasteiger partial charge in [-0.25, -0.2) is 0 Å². The van der Waals surface area contributed by atoms with Crippen LogP contribution >= 0.6 is 0 Å². The third-order valence-electron chi connectivity index (χ3n) is 4.98. The van der Waals surface area contributed by atoms with Gasteiger partial charge in [-0.05, 0) is 41.2 Å². The van der Waals surface area contributed by atoms with Gasteiger partial charge in [-0.15, -0.1) is 0 Å². The Morgan fingerprint density at radius 3 is 2.67 bits per heavy atom. The van der Waals surface area contributed by atoms with Crippen molar-refractivity contribution in [3.05, 3.63) is 48.0 Å². The summed E-state index contributed by atoms with van der Waals surface area (Å²) in [5, 5.41) is 13.3. The van der Waals surface area contributed by atoms with E-state index in [4.69, 9.17) is 4.74 Å². The standard InChI is InChI=1S/C19H24O2/c1-14-6-5-11-19(13-14,21-2)18(20)17-10-9-15-7-3-4-8-16(15)12-17/h3-4,7-10,12,14,18,20H,5-6,11,13H2,1-2H3. The minimum atomic E-state index is -0.560. The van der Waals surface area contributed by atoms with Gasteiger partial charge in [-0.2, -0.15) is 0 Å². The number of aliphatic hydroxyl groups is 1. The summed E-state index contributed by atoms with van der Waals surface area (Å²) in [4.78, 5) is 0. The Balaban J connectivity index is 1.96. The summed E-state index contributed by atoms with van der Waals surface area (Å²) in [5.74, 6) is 0.605. The molecule has 1 N–H and O–H groups in total. The van der Waals surface area contributed by atoms with Gasteiger partial charge in [0.05, 0.1) is 5.60 Å². The van der Waals surface area contributed by atoms with Crippen LogP contribution in [0.4, 0.5) is 0 Å². The monoisotopic (exact) mass is 284 g/mol. The van der Waals surface area contributed by atoms with Crippen LogP contribution in [-0.4, -0.2) is 17.8 Å². The van der Waals surface area contributed by atoms with Crippen molar-refractivity contribution in [2.75, 3.05) is 7.11 Å². The number of hydrogen-bond acceptors (Lipinski definition) is 2. The maximum atomic E-state index is 10.9. The van der Waals surface area contributed by atoms with E-state index in [9.17, 15) is 5.11 Å². The summed E-state index contributed by atoms with van der Waals surface area (Å²) in [6.07, 6.45) is 3.66. The molecule has 2 aromatic rings. The first-order chi connectivity index (χ1) is 10.1. The van der Waals surface area contributed by atoms with Gasteiger partial charge in [0.2, 0.25) is 0 Å². The maximum absolute atomic E-state index is 10.9. The molecule has 0 saturated heterocycles. The van der Waals surface area contributed by atoms with Crippen LogP contribution in [0.3, 0.4) is 0 Å². The number of hydrogen-bond donors (Lipinski definition) is 1. The van der Waals surface area contributed by atoms with Gasteiger partial charge in [0.15, 0.2) is 0 Å². The van der Waals surface area contributed by atoms with Crippen LogP contribution in [-0.2, 0) is 4.74 Å². The Morgan fingerprint density at radius 2 is 1.95 bits per heavy atom. The van der Waals surface area contributed by atoms with Crippen molar-refractivity contribution >= 4 is 10.8 Å². The zero-order valence-corrected chi connectivity index (χ0v) is 12.9. The van der Waals surface area contributed by atoms with Crippen molar-refractivity contribution in [1.82, 2.24) is 0 Å². The normalized spacial score (nSPS) is 27.7. The maximum Gasteiger partial charge on any atom is 0.108 e. The summed E-state index contributed by atoms with van der Waals surface area (Å²) in [7, 11) is 1.74. The number of ether oxygens (including phenoxy) is 1. The van der Waals surface area contributed by atoms with Crippen molar-refractivity contribution in [2.45, 2.75) is 44.3 Å². The van der Waals surface area contributed by atoms with Crippen molar-refractivity contribution in [3.8, 4) is 0 Å². The average Bonchev–Trinajstić information content (AvgIpc) is 2.53. The third-order valence-corrected chi connectivity index (χ3v) is 4.98. The van der Waals surface area contributed by atoms with Gasteiger partial charge in [-0.1, -0.05) is 56.2 Å². The van der Waals surface area contributed by atoms with Crippen LogP contribution in [0.5, 0.6) is 0 Å². The molecule has 0 aromatic heterocycles. The van der Waals surface area contributed by atoms with Gasteiger partial charge in [-0.3, -0.25) is 0 Å². The second kappa shape index (κ2) is 5.78. The molecule has 0 bridgehead atoms. The summed E-state index contributed by atoms with van der Waals surface area (Å²) in [6.45, 7) is 2.25. The fourth-order valence-corrected chi connectivity index (χ4v) is 3.77. The van der Waals surface area contributed by atoms with Crippen molar-refractivity contribution in [2.24, 2.45) is 5.92 Å². The Labute approximate surface area is 126 Å². The zero-order chi connectivity index (χ0) is 14.9. The Hall–Kier alpha value is -1.38. The molecule has 0 heterocycles. The molecule has 1 saturated carbocycles. The number of methoxy groups -OCH3 is 1. The van der Waals surface area contributed by atoms with E-state index in [1.807, 2.05) is 18.2 Å². The summed E-state index contributed by atoms with van der Waals surface area (Å²) in [6, 6.07) is 14.5. The van der Waals surface area contributed by atoms with E-state index in [-0.39, 0.29) is 0 Å². The fourth-order valence-electron chi connectivity index (χ4n) is 3.77. The SMILES string of the molecule is COC1(C(O)c2ccc3ccccc3c2)CCCC(C)C1. The van der Waals surface area contributed by atoms with Crippen molar-refractivity contribution in [3.63, 3.8) is 0 Å². The van der Waals surface area contributed by atoms with Gasteiger partial charge in [0.1, 0.15) is 6.10 Å². The second-order valence-corrected chi connectivity index (χ2v) is 6.48. The number of fused-ring (bicyclic) bond motifs is 1. The molecule has 1 aliphatic rings. The molecule has 2 nitrogen and oxygen atoms in total. The topological polar surface area (TPSA) is 29.5 Å². The molecule has 2 aromatic carbocycles. The minimum absolute atomic E-state index is 0.430. The first-order valence-electron chi connectivity index (χ1n) is 7.86. The molecule has 1 aliphatic carbocycles. The third kappa shape index (κ3) is 2.70. The number of aliphatic hydroxyl groups excluding tert-OH is 1. The second-order valence-electron chi connectivity index (χ2n) is 6.48. The first-order valence-corrected chi connectivity index (χ1v) is 7.86. The number of benzene rings is 2. The molecule has 0 spiro atoms. The quantitative estimate of drug-likeness (QED) is 0.901. The van der Waals surface area contributed by atoms with E-state index in [0.717, 1.165) is 24.8 Å². The van der Waals surface area contributed by atoms with Crippen LogP contribution in [0.25, 0.3) is 10.8 Å². The van der Waals surface area contributed by atoms with E-state index in [1.165, 1.54) is 17.2 Å². The average molecular weight is 284 g/mol. The summed E-state index contributed by atoms with van der Waals surface area (Å²) >= 11 is 0. The molecule has 0 radical (unpaired) electrons. The lowest BCUT2D eigenvalue weighted by molar-refractivity contribution is -0.134. The lowest BCUT2D eigenvalue weighted by Crippen LogP contribution is -2.42. The number of rotatable bonds is 3. The molecule has 3 atom stereocenters. The molecule has 112 valence electrons. The summed E-state index contributed by atoms with van der Waals surface area (Å²) in [5.41, 5.74) is 0.532. The predicted octanol–water partition coefficient (Wildman–Crippen LogP) is 4.47. The van der Waals surface area contributed by atoms with Crippen LogP contribution in [0.2, 0.25) is 0 Å². The van der Waals surface area contributed by atoms with Gasteiger partial charge < -0.3 is 9.84 Å². The van der Waals surface area contributed by atoms with E-state index in [0.29, 0.717) is 5.92 Å². The van der Waals surface area contributed by atoms with E-state index >= 15 is 0 Å². The van der Waals surface area contributed by atoms with Gasteiger partial charge >= 0.3 is 0 Å². The van der Waals surface area contributed by atoms with Crippen molar-refractivity contribution in [1.29, 1.82) is 0 Å². The fraction of sp³-hybridized carbons (Fsp3) is 0.474. The van der Waals surface area contributed by atoms with Crippen LogP contribution < -0.4 is 0 Å². The van der Waals surface area contributed by atoms with Crippen LogP contribution in [0.15, 0.2) is 42.5 Å². The highest BCUT2D eigenvalue weighted by molar-refractivity contribution is 5.83. The molecule has 0 aliphatic heterocycles. The van der Waals surface area contributed by atoms with Gasteiger partial charge in [0, 0.05) is 7.11 Å². The highest BCUT2D eigenvalue weighted by Gasteiger charge is 2.42. The predicted molar refractivity (Wildman–Crippen MR) is 86.3 cm³/mol. The Kier molecular flexibility index (Phi) is 4.01. The van der Waals surface area contributed by atoms with Crippen molar-refractivity contribution < 1.29 is 9.84 Å². The molecule has 2 heteroatoms. The van der Waals surface area contributed by atoms with E-state index in [1.54, 1.807) is 7.11 Å². The summed E-state index contributed by atoms with van der Waals surface area (Å²) < 4.78 is 5.83. The highest BCUT2D eigenvalue weighted by atomic mass is 16.5. The Morgan fingerprint density at radius 1 is 1.19 bits per heavy atom. The highest BCUT2D eigenvalue weighted by Crippen LogP contribution is 2.43. The largest absolute Gasteiger partial charge is 0.385 e. The lowest BCUT2D eigenvalue weighted by atomic mass is 9.74. The Bertz CT molecular complexity index is 622. The smallest absolute Gasteiger partial charge is 0.108 e. The molecular formula is C19H24O2. The van der Waals surface area contributed by atoms with E-state index in [2.05, 4.69) is 31.2 Å². The molecule has 3 unspecified atom stereocenters. The first kappa shape index (κ1) is 14.6. The molecule has 21 heavy (non-hydrogen) atoms. The lowest BCUT2D eigenvalue weighted by Gasteiger charge is -2.42. The van der Waals surface area contributed by atoms with Gasteiger partial charge in [0.25, 0.3) is 0 Å². The molecule has 1 fully saturated rings. The minimum Gasteiger partial charge on any atom is -0.385 e. The van der Waals surface area contributed by atoms with Crippen LogP contribution in [0.1, 0.15) is 44.3 Å². The van der Waals surface area contributed by atoms with Crippen LogP contribution in [0, 0.1) is 5.92 Å². The molecular weight excluding hydrogens is 260 g/mol. The zero-order valence-electron chi connectivity index (χ0n) is 12.9. The van der Waals surface area contributed by atoms with E-state index < -0.39 is 11.7 Å². The molecule has 0 amide bonds. The molecule has 3 rings (SSSR count).